The molecule has 0 aliphatic heterocycles. The van der Waals surface area contributed by atoms with Gasteiger partial charge in [-0.05, 0) is 22.9 Å². The van der Waals surface area contributed by atoms with Crippen LogP contribution < -0.4 is 5.73 Å². The molecule has 98 valence electrons. The van der Waals surface area contributed by atoms with E-state index in [0.717, 1.165) is 0 Å². The van der Waals surface area contributed by atoms with E-state index in [9.17, 15) is 4.79 Å². The molecule has 0 aliphatic rings. The van der Waals surface area contributed by atoms with Gasteiger partial charge in [-0.25, -0.2) is 0 Å². The van der Waals surface area contributed by atoms with Crippen LogP contribution in [-0.2, 0) is 17.9 Å². The number of nitrogens with zero attached hydrogens (tertiary/aromatic N) is 1. The molecule has 0 fully saturated rings. The number of nitrogens with two attached hydrogens (primary N) is 1. The fraction of sp³-hybridized carbons (Fsp3) is 0.250. The van der Waals surface area contributed by atoms with Crippen molar-refractivity contribution in [2.45, 2.75) is 13.1 Å². The van der Waals surface area contributed by atoms with E-state index in [-0.39, 0.29) is 24.9 Å². The number of carbonyl (C=O) groups excluding carboxylic acids is 1. The first-order valence-electron chi connectivity index (χ1n) is 5.32. The highest BCUT2D eigenvalue weighted by molar-refractivity contribution is 7.10. The van der Waals surface area contributed by atoms with E-state index in [1.54, 1.807) is 27.6 Å². The monoisotopic (exact) mass is 302 g/mol. The molecule has 6 heteroatoms. The molecular weight excluding hydrogens is 288 g/mol. The maximum atomic E-state index is 11.8. The smallest absolute Gasteiger partial charge is 0.236 e. The van der Waals surface area contributed by atoms with Crippen molar-refractivity contribution in [1.82, 2.24) is 4.90 Å². The second-order valence-electron chi connectivity index (χ2n) is 3.61. The molecule has 0 spiro atoms. The van der Waals surface area contributed by atoms with Gasteiger partial charge in [0.1, 0.15) is 0 Å². The molecule has 0 saturated heterocycles. The van der Waals surface area contributed by atoms with Crippen molar-refractivity contribution in [1.29, 1.82) is 0 Å². The standard InChI is InChI=1S/C12H14N2OS2.ClH/c13-7-12(15)14(8-10-3-1-5-16-10)9-11-4-2-6-17-11;/h1-6H,7-9,13H2;1H. The molecule has 0 saturated carbocycles. The topological polar surface area (TPSA) is 46.3 Å². The quantitative estimate of drug-likeness (QED) is 0.923. The van der Waals surface area contributed by atoms with Crippen LogP contribution >= 0.6 is 35.1 Å². The van der Waals surface area contributed by atoms with Crippen molar-refractivity contribution in [2.24, 2.45) is 5.73 Å². The molecule has 0 aliphatic carbocycles. The Balaban J connectivity index is 0.00000162. The highest BCUT2D eigenvalue weighted by Crippen LogP contribution is 2.16. The molecule has 0 aromatic carbocycles. The van der Waals surface area contributed by atoms with Crippen molar-refractivity contribution < 1.29 is 4.79 Å². The Kier molecular flexibility index (Phi) is 6.35. The number of halogens is 1. The lowest BCUT2D eigenvalue weighted by atomic mass is 10.3. The van der Waals surface area contributed by atoms with Crippen LogP contribution in [-0.4, -0.2) is 17.4 Å². The minimum absolute atomic E-state index is 0. The fourth-order valence-corrected chi connectivity index (χ4v) is 2.98. The fourth-order valence-electron chi connectivity index (χ4n) is 1.54. The van der Waals surface area contributed by atoms with Crippen LogP contribution in [0.15, 0.2) is 35.0 Å². The van der Waals surface area contributed by atoms with Gasteiger partial charge in [-0.15, -0.1) is 35.1 Å². The summed E-state index contributed by atoms with van der Waals surface area (Å²) >= 11 is 3.32. The third kappa shape index (κ3) is 4.10. The van der Waals surface area contributed by atoms with Gasteiger partial charge in [-0.3, -0.25) is 4.79 Å². The molecule has 2 aromatic heterocycles. The molecule has 0 bridgehead atoms. The molecule has 2 N–H and O–H groups in total. The zero-order valence-corrected chi connectivity index (χ0v) is 12.2. The number of carbonyl (C=O) groups is 1. The van der Waals surface area contributed by atoms with Crippen molar-refractivity contribution >= 4 is 41.0 Å². The summed E-state index contributed by atoms with van der Waals surface area (Å²) in [4.78, 5) is 15.9. The summed E-state index contributed by atoms with van der Waals surface area (Å²) in [5.41, 5.74) is 5.45. The highest BCUT2D eigenvalue weighted by atomic mass is 35.5. The van der Waals surface area contributed by atoms with Crippen LogP contribution in [0.5, 0.6) is 0 Å². The first kappa shape index (κ1) is 15.2. The normalized spacial score (nSPS) is 9.83. The zero-order chi connectivity index (χ0) is 12.1. The van der Waals surface area contributed by atoms with Crippen LogP contribution in [0.25, 0.3) is 0 Å². The molecule has 1 amide bonds. The number of amides is 1. The largest absolute Gasteiger partial charge is 0.331 e. The van der Waals surface area contributed by atoms with E-state index in [2.05, 4.69) is 0 Å². The van der Waals surface area contributed by atoms with Gasteiger partial charge in [0.15, 0.2) is 0 Å². The minimum atomic E-state index is -0.00759. The predicted molar refractivity (Wildman–Crippen MR) is 79.2 cm³/mol. The highest BCUT2D eigenvalue weighted by Gasteiger charge is 2.13. The number of rotatable bonds is 5. The Morgan fingerprint density at radius 2 is 1.61 bits per heavy atom. The van der Waals surface area contributed by atoms with Gasteiger partial charge in [0.2, 0.25) is 5.91 Å². The molecule has 2 heterocycles. The lowest BCUT2D eigenvalue weighted by molar-refractivity contribution is -0.130. The summed E-state index contributed by atoms with van der Waals surface area (Å²) in [5.74, 6) is -0.00759. The van der Waals surface area contributed by atoms with Crippen LogP contribution in [0.3, 0.4) is 0 Å². The summed E-state index contributed by atoms with van der Waals surface area (Å²) in [6.45, 7) is 1.36. The van der Waals surface area contributed by atoms with Crippen molar-refractivity contribution in [3.63, 3.8) is 0 Å². The van der Waals surface area contributed by atoms with Crippen molar-refractivity contribution in [3.8, 4) is 0 Å². The summed E-state index contributed by atoms with van der Waals surface area (Å²) in [5, 5.41) is 4.04. The SMILES string of the molecule is Cl.NCC(=O)N(Cc1cccs1)Cc1cccs1. The van der Waals surface area contributed by atoms with E-state index >= 15 is 0 Å². The molecule has 0 atom stereocenters. The van der Waals surface area contributed by atoms with Gasteiger partial charge in [-0.1, -0.05) is 12.1 Å². The van der Waals surface area contributed by atoms with Gasteiger partial charge >= 0.3 is 0 Å². The second-order valence-corrected chi connectivity index (χ2v) is 5.68. The third-order valence-corrected chi connectivity index (χ3v) is 4.10. The Labute approximate surface area is 121 Å². The van der Waals surface area contributed by atoms with E-state index < -0.39 is 0 Å². The summed E-state index contributed by atoms with van der Waals surface area (Å²) < 4.78 is 0. The van der Waals surface area contributed by atoms with Crippen LogP contribution in [0.4, 0.5) is 0 Å². The van der Waals surface area contributed by atoms with Crippen molar-refractivity contribution in [2.75, 3.05) is 6.54 Å². The molecule has 18 heavy (non-hydrogen) atoms. The van der Waals surface area contributed by atoms with E-state index in [1.165, 1.54) is 9.75 Å². The average molecular weight is 303 g/mol. The lowest BCUT2D eigenvalue weighted by Gasteiger charge is -2.20. The summed E-state index contributed by atoms with van der Waals surface area (Å²) in [6, 6.07) is 8.07. The Morgan fingerprint density at radius 1 is 1.11 bits per heavy atom. The van der Waals surface area contributed by atoms with Gasteiger partial charge in [0.25, 0.3) is 0 Å². The molecular formula is C12H15ClN2OS2. The Morgan fingerprint density at radius 3 is 1.94 bits per heavy atom. The van der Waals surface area contributed by atoms with E-state index in [0.29, 0.717) is 13.1 Å². The van der Waals surface area contributed by atoms with E-state index in [1.807, 2.05) is 35.0 Å². The lowest BCUT2D eigenvalue weighted by Crippen LogP contribution is -2.34. The van der Waals surface area contributed by atoms with E-state index in [4.69, 9.17) is 5.73 Å². The van der Waals surface area contributed by atoms with Gasteiger partial charge < -0.3 is 10.6 Å². The zero-order valence-electron chi connectivity index (χ0n) is 9.74. The third-order valence-electron chi connectivity index (χ3n) is 2.38. The maximum Gasteiger partial charge on any atom is 0.236 e. The van der Waals surface area contributed by atoms with Gasteiger partial charge in [-0.2, -0.15) is 0 Å². The van der Waals surface area contributed by atoms with Gasteiger partial charge in [0.05, 0.1) is 19.6 Å². The number of thiophene rings is 2. The van der Waals surface area contributed by atoms with Crippen LogP contribution in [0.1, 0.15) is 9.75 Å². The van der Waals surface area contributed by atoms with Crippen LogP contribution in [0, 0.1) is 0 Å². The number of hydrogen-bond donors (Lipinski definition) is 1. The Bertz CT molecular complexity index is 420. The first-order chi connectivity index (χ1) is 8.29. The molecule has 3 nitrogen and oxygen atoms in total. The molecule has 2 rings (SSSR count). The predicted octanol–water partition coefficient (Wildman–Crippen LogP) is 2.72. The van der Waals surface area contributed by atoms with Crippen molar-refractivity contribution in [3.05, 3.63) is 44.8 Å². The maximum absolute atomic E-state index is 11.8. The van der Waals surface area contributed by atoms with Crippen LogP contribution in [0.2, 0.25) is 0 Å². The summed E-state index contributed by atoms with van der Waals surface area (Å²) in [6.07, 6.45) is 0. The summed E-state index contributed by atoms with van der Waals surface area (Å²) in [7, 11) is 0. The molecule has 0 unspecified atom stereocenters. The Hall–Kier alpha value is -0.880. The van der Waals surface area contributed by atoms with Gasteiger partial charge in [0, 0.05) is 9.75 Å². The average Bonchev–Trinajstić information content (AvgIpc) is 3.00. The molecule has 0 radical (unpaired) electrons. The minimum Gasteiger partial charge on any atom is -0.331 e. The molecule has 2 aromatic rings. The second kappa shape index (κ2) is 7.53. The first-order valence-corrected chi connectivity index (χ1v) is 7.08. The number of hydrogen-bond acceptors (Lipinski definition) is 4.